The van der Waals surface area contributed by atoms with E-state index >= 15 is 0 Å². The van der Waals surface area contributed by atoms with Gasteiger partial charge in [-0.05, 0) is 44.5 Å². The number of aliphatic carboxylic acids is 1. The number of imidazole rings is 1. The fraction of sp³-hybridized carbons (Fsp3) is 0.261. The molecule has 0 saturated heterocycles. The Bertz CT molecular complexity index is 1290. The van der Waals surface area contributed by atoms with E-state index in [1.54, 1.807) is 30.1 Å². The fourth-order valence-electron chi connectivity index (χ4n) is 3.68. The van der Waals surface area contributed by atoms with Crippen molar-refractivity contribution in [2.24, 2.45) is 0 Å². The summed E-state index contributed by atoms with van der Waals surface area (Å²) in [6.45, 7) is 5.23. The van der Waals surface area contributed by atoms with Crippen molar-refractivity contribution in [3.05, 3.63) is 71.3 Å². The van der Waals surface area contributed by atoms with Crippen LogP contribution in [0, 0.1) is 25.5 Å². The molecule has 4 aromatic rings. The summed E-state index contributed by atoms with van der Waals surface area (Å²) in [4.78, 5) is 15.6. The van der Waals surface area contributed by atoms with Crippen LogP contribution in [0.3, 0.4) is 0 Å². The van der Waals surface area contributed by atoms with Gasteiger partial charge in [0.15, 0.2) is 11.4 Å². The van der Waals surface area contributed by atoms with Crippen LogP contribution in [0.5, 0.6) is 5.75 Å². The van der Waals surface area contributed by atoms with E-state index in [1.165, 1.54) is 18.2 Å². The van der Waals surface area contributed by atoms with Crippen molar-refractivity contribution in [3.8, 4) is 17.0 Å². The number of aryl methyl sites for hydroxylation is 2. The minimum Gasteiger partial charge on any atom is -0.485 e. The van der Waals surface area contributed by atoms with E-state index in [-0.39, 0.29) is 24.6 Å². The predicted octanol–water partition coefficient (Wildman–Crippen LogP) is 4.71. The molecule has 1 unspecified atom stereocenters. The minimum atomic E-state index is -0.899. The van der Waals surface area contributed by atoms with Gasteiger partial charge in [-0.3, -0.25) is 13.9 Å². The van der Waals surface area contributed by atoms with Crippen LogP contribution in [-0.4, -0.2) is 30.2 Å². The highest BCUT2D eigenvalue weighted by atomic mass is 19.1. The molecule has 1 atom stereocenters. The molecule has 9 heteroatoms. The van der Waals surface area contributed by atoms with Crippen molar-refractivity contribution in [2.75, 3.05) is 0 Å². The summed E-state index contributed by atoms with van der Waals surface area (Å²) in [6.07, 6.45) is 5.28. The number of hydrogen-bond acceptors (Lipinski definition) is 4. The first kappa shape index (κ1) is 21.5. The molecular formula is C23H22F2N4O3. The Hall–Kier alpha value is -3.75. The lowest BCUT2D eigenvalue weighted by molar-refractivity contribution is -0.137. The molecule has 0 bridgehead atoms. The van der Waals surface area contributed by atoms with Gasteiger partial charge < -0.3 is 9.84 Å². The van der Waals surface area contributed by atoms with E-state index in [9.17, 15) is 13.6 Å². The molecule has 0 saturated carbocycles. The Labute approximate surface area is 182 Å². The Morgan fingerprint density at radius 1 is 1.22 bits per heavy atom. The fourth-order valence-corrected chi connectivity index (χ4v) is 3.68. The standard InChI is InChI=1S/C23H22F2N4O3/c1-13-7-20(32-12-17-18(24)5-4-6-19(17)25)23-27-15(3)22(28(23)10-13)16-9-26-29(11-16)14(2)8-21(30)31/h4-7,9-11,14H,8,12H2,1-3H3,(H,30,31). The number of carboxylic acids is 1. The summed E-state index contributed by atoms with van der Waals surface area (Å²) in [6, 6.07) is 5.14. The quantitative estimate of drug-likeness (QED) is 0.450. The summed E-state index contributed by atoms with van der Waals surface area (Å²) in [5.74, 6) is -1.84. The van der Waals surface area contributed by atoms with Gasteiger partial charge in [-0.15, -0.1) is 0 Å². The van der Waals surface area contributed by atoms with Gasteiger partial charge in [-0.2, -0.15) is 5.10 Å². The van der Waals surface area contributed by atoms with Gasteiger partial charge in [0.1, 0.15) is 18.2 Å². The third-order valence-electron chi connectivity index (χ3n) is 5.23. The second kappa shape index (κ2) is 8.41. The molecule has 0 amide bonds. The third-order valence-corrected chi connectivity index (χ3v) is 5.23. The third kappa shape index (κ3) is 4.05. The maximum Gasteiger partial charge on any atom is 0.305 e. The van der Waals surface area contributed by atoms with Gasteiger partial charge in [0.25, 0.3) is 0 Å². The molecule has 0 aliphatic heterocycles. The molecule has 1 aromatic carbocycles. The summed E-state index contributed by atoms with van der Waals surface area (Å²) in [5.41, 5.74) is 3.48. The van der Waals surface area contributed by atoms with Crippen molar-refractivity contribution in [1.82, 2.24) is 19.2 Å². The highest BCUT2D eigenvalue weighted by molar-refractivity contribution is 5.70. The number of pyridine rings is 1. The highest BCUT2D eigenvalue weighted by Crippen LogP contribution is 2.31. The van der Waals surface area contributed by atoms with Crippen LogP contribution >= 0.6 is 0 Å². The van der Waals surface area contributed by atoms with Crippen LogP contribution in [0.4, 0.5) is 8.78 Å². The average molecular weight is 440 g/mol. The molecular weight excluding hydrogens is 418 g/mol. The number of fused-ring (bicyclic) bond motifs is 1. The maximum absolute atomic E-state index is 14.0. The van der Waals surface area contributed by atoms with Crippen molar-refractivity contribution < 1.29 is 23.4 Å². The number of carboxylic acid groups (broad SMARTS) is 1. The molecule has 0 aliphatic carbocycles. The van der Waals surface area contributed by atoms with Crippen LogP contribution in [0.2, 0.25) is 0 Å². The second-order valence-corrected chi connectivity index (χ2v) is 7.77. The van der Waals surface area contributed by atoms with Gasteiger partial charge in [0.05, 0.1) is 35.6 Å². The van der Waals surface area contributed by atoms with Gasteiger partial charge in [0, 0.05) is 18.0 Å². The Kier molecular flexibility index (Phi) is 5.65. The van der Waals surface area contributed by atoms with Gasteiger partial charge in [0.2, 0.25) is 0 Å². The van der Waals surface area contributed by atoms with E-state index in [2.05, 4.69) is 10.1 Å². The molecule has 3 aromatic heterocycles. The average Bonchev–Trinajstić information content (AvgIpc) is 3.31. The predicted molar refractivity (Wildman–Crippen MR) is 114 cm³/mol. The molecule has 3 heterocycles. The van der Waals surface area contributed by atoms with Crippen molar-refractivity contribution in [2.45, 2.75) is 39.8 Å². The lowest BCUT2D eigenvalue weighted by atomic mass is 10.2. The van der Waals surface area contributed by atoms with E-state index in [0.29, 0.717) is 17.1 Å². The van der Waals surface area contributed by atoms with E-state index in [4.69, 9.17) is 9.84 Å². The lowest BCUT2D eigenvalue weighted by Crippen LogP contribution is -2.10. The first-order chi connectivity index (χ1) is 15.2. The highest BCUT2D eigenvalue weighted by Gasteiger charge is 2.19. The largest absolute Gasteiger partial charge is 0.485 e. The molecule has 0 aliphatic rings. The normalized spacial score (nSPS) is 12.3. The number of benzene rings is 1. The zero-order valence-corrected chi connectivity index (χ0v) is 17.8. The van der Waals surface area contributed by atoms with Crippen LogP contribution in [0.1, 0.15) is 36.2 Å². The van der Waals surface area contributed by atoms with E-state index in [0.717, 1.165) is 16.8 Å². The summed E-state index contributed by atoms with van der Waals surface area (Å²) in [7, 11) is 0. The van der Waals surface area contributed by atoms with E-state index < -0.39 is 17.6 Å². The van der Waals surface area contributed by atoms with Crippen LogP contribution in [0.15, 0.2) is 42.9 Å². The molecule has 1 N–H and O–H groups in total. The van der Waals surface area contributed by atoms with Gasteiger partial charge in [-0.25, -0.2) is 13.8 Å². The number of aromatic nitrogens is 4. The molecule has 7 nitrogen and oxygen atoms in total. The molecule has 0 fully saturated rings. The first-order valence-corrected chi connectivity index (χ1v) is 10.1. The molecule has 4 rings (SSSR count). The Balaban J connectivity index is 1.71. The van der Waals surface area contributed by atoms with Gasteiger partial charge >= 0.3 is 5.97 Å². The van der Waals surface area contributed by atoms with Crippen LogP contribution in [-0.2, 0) is 11.4 Å². The monoisotopic (exact) mass is 440 g/mol. The zero-order valence-electron chi connectivity index (χ0n) is 17.8. The van der Waals surface area contributed by atoms with Crippen molar-refractivity contribution in [3.63, 3.8) is 0 Å². The first-order valence-electron chi connectivity index (χ1n) is 10.1. The summed E-state index contributed by atoms with van der Waals surface area (Å²) < 4.78 is 37.2. The number of rotatable bonds is 7. The minimum absolute atomic E-state index is 0.0447. The smallest absolute Gasteiger partial charge is 0.305 e. The summed E-state index contributed by atoms with van der Waals surface area (Å²) >= 11 is 0. The van der Waals surface area contributed by atoms with Gasteiger partial charge in [-0.1, -0.05) is 6.07 Å². The Morgan fingerprint density at radius 2 is 1.94 bits per heavy atom. The Morgan fingerprint density at radius 3 is 2.62 bits per heavy atom. The second-order valence-electron chi connectivity index (χ2n) is 7.77. The maximum atomic E-state index is 14.0. The zero-order chi connectivity index (χ0) is 23.0. The lowest BCUT2D eigenvalue weighted by Gasteiger charge is -2.11. The number of nitrogens with zero attached hydrogens (tertiary/aromatic N) is 4. The topological polar surface area (TPSA) is 81.7 Å². The van der Waals surface area contributed by atoms with E-state index in [1.807, 2.05) is 24.4 Å². The molecule has 0 spiro atoms. The van der Waals surface area contributed by atoms with Crippen molar-refractivity contribution >= 4 is 11.6 Å². The number of ether oxygens (including phenoxy) is 1. The molecule has 0 radical (unpaired) electrons. The molecule has 166 valence electrons. The number of hydrogen-bond donors (Lipinski definition) is 1. The number of halogens is 2. The van der Waals surface area contributed by atoms with Crippen LogP contribution < -0.4 is 4.74 Å². The molecule has 32 heavy (non-hydrogen) atoms. The summed E-state index contributed by atoms with van der Waals surface area (Å²) in [5, 5.41) is 13.3. The number of carbonyl (C=O) groups is 1. The SMILES string of the molecule is Cc1cc(OCc2c(F)cccc2F)c2nc(C)c(-c3cnn(C(C)CC(=O)O)c3)n2c1. The van der Waals surface area contributed by atoms with Crippen LogP contribution in [0.25, 0.3) is 16.9 Å². The van der Waals surface area contributed by atoms with Crippen molar-refractivity contribution in [1.29, 1.82) is 0 Å².